The predicted octanol–water partition coefficient (Wildman–Crippen LogP) is 3.52. The second-order valence-corrected chi connectivity index (χ2v) is 9.25. The molecule has 0 aliphatic carbocycles. The summed E-state index contributed by atoms with van der Waals surface area (Å²) in [6.07, 6.45) is 4.90. The number of imidazole rings is 1. The minimum atomic E-state index is -0.948. The van der Waals surface area contributed by atoms with Crippen molar-refractivity contribution in [3.8, 4) is 11.5 Å². The quantitative estimate of drug-likeness (QED) is 0.422. The Labute approximate surface area is 222 Å². The molecule has 2 atom stereocenters. The van der Waals surface area contributed by atoms with E-state index in [0.717, 1.165) is 35.8 Å². The molecule has 3 heterocycles. The maximum atomic E-state index is 11.9. The zero-order valence-corrected chi connectivity index (χ0v) is 21.8. The first-order valence-corrected chi connectivity index (χ1v) is 12.9. The first-order valence-electron chi connectivity index (χ1n) is 12.9. The zero-order chi connectivity index (χ0) is 26.4. The standard InChI is InChI=1S/C28H34N4O6/c1-3-35-27(33)32-16-14-31(15-17-32)23-6-10-25(11-7-23)36-18-26-19-37-28(38-26,20-30-13-12-29-21-30)22-4-8-24(34-2)9-5-22/h4-13,21,26H,3,14-20H2,1-2H3. The minimum absolute atomic E-state index is 0.240. The monoisotopic (exact) mass is 522 g/mol. The van der Waals surface area contributed by atoms with Gasteiger partial charge in [-0.05, 0) is 55.5 Å². The van der Waals surface area contributed by atoms with Crippen molar-refractivity contribution < 1.29 is 28.5 Å². The SMILES string of the molecule is CCOC(=O)N1CCN(c2ccc(OCC3COC(Cn4ccnc4)(c4ccc(OC)cc4)O3)cc2)CC1. The van der Waals surface area contributed by atoms with Gasteiger partial charge in [0.25, 0.3) is 0 Å². The first-order chi connectivity index (χ1) is 18.6. The molecule has 1 amide bonds. The van der Waals surface area contributed by atoms with Gasteiger partial charge in [0.1, 0.15) is 24.2 Å². The molecule has 10 heteroatoms. The van der Waals surface area contributed by atoms with Gasteiger partial charge in [0.05, 0.1) is 33.2 Å². The maximum absolute atomic E-state index is 11.9. The Morgan fingerprint density at radius 2 is 1.79 bits per heavy atom. The lowest BCUT2D eigenvalue weighted by molar-refractivity contribution is -0.189. The van der Waals surface area contributed by atoms with E-state index < -0.39 is 5.79 Å². The van der Waals surface area contributed by atoms with Crippen molar-refractivity contribution in [1.29, 1.82) is 0 Å². The van der Waals surface area contributed by atoms with Crippen LogP contribution in [0.4, 0.5) is 10.5 Å². The summed E-state index contributed by atoms with van der Waals surface area (Å²) >= 11 is 0. The summed E-state index contributed by atoms with van der Waals surface area (Å²) < 4.78 is 31.2. The lowest BCUT2D eigenvalue weighted by Gasteiger charge is -2.35. The fourth-order valence-corrected chi connectivity index (χ4v) is 4.74. The highest BCUT2D eigenvalue weighted by molar-refractivity contribution is 5.68. The fourth-order valence-electron chi connectivity index (χ4n) is 4.74. The molecule has 0 radical (unpaired) electrons. The van der Waals surface area contributed by atoms with Crippen molar-refractivity contribution in [2.24, 2.45) is 0 Å². The molecule has 2 unspecified atom stereocenters. The van der Waals surface area contributed by atoms with Crippen molar-refractivity contribution >= 4 is 11.8 Å². The average molecular weight is 523 g/mol. The van der Waals surface area contributed by atoms with Gasteiger partial charge in [-0.15, -0.1) is 0 Å². The van der Waals surface area contributed by atoms with E-state index in [-0.39, 0.29) is 12.2 Å². The zero-order valence-electron chi connectivity index (χ0n) is 21.8. The third-order valence-electron chi connectivity index (χ3n) is 6.78. The topological polar surface area (TPSA) is 87.5 Å². The Bertz CT molecular complexity index is 1160. The van der Waals surface area contributed by atoms with E-state index >= 15 is 0 Å². The molecule has 10 nitrogen and oxygen atoms in total. The number of anilines is 1. The van der Waals surface area contributed by atoms with E-state index in [4.69, 9.17) is 23.7 Å². The summed E-state index contributed by atoms with van der Waals surface area (Å²) in [4.78, 5) is 20.1. The van der Waals surface area contributed by atoms with Crippen LogP contribution in [0.25, 0.3) is 0 Å². The summed E-state index contributed by atoms with van der Waals surface area (Å²) in [6.45, 7) is 6.26. The molecule has 2 aliphatic heterocycles. The van der Waals surface area contributed by atoms with Crippen LogP contribution in [-0.4, -0.2) is 79.8 Å². The highest BCUT2D eigenvalue weighted by Gasteiger charge is 2.44. The number of benzene rings is 2. The van der Waals surface area contributed by atoms with Crippen molar-refractivity contribution in [2.45, 2.75) is 25.4 Å². The van der Waals surface area contributed by atoms with Crippen molar-refractivity contribution in [3.63, 3.8) is 0 Å². The molecule has 2 fully saturated rings. The van der Waals surface area contributed by atoms with Gasteiger partial charge in [-0.2, -0.15) is 0 Å². The predicted molar refractivity (Wildman–Crippen MR) is 140 cm³/mol. The molecule has 0 saturated carbocycles. The van der Waals surface area contributed by atoms with Gasteiger partial charge >= 0.3 is 6.09 Å². The molecule has 2 aliphatic rings. The molecule has 202 valence electrons. The lowest BCUT2D eigenvalue weighted by Crippen LogP contribution is -2.48. The van der Waals surface area contributed by atoms with Gasteiger partial charge in [-0.1, -0.05) is 0 Å². The van der Waals surface area contributed by atoms with E-state index in [2.05, 4.69) is 9.88 Å². The number of methoxy groups -OCH3 is 1. The van der Waals surface area contributed by atoms with E-state index in [1.807, 2.05) is 66.2 Å². The summed E-state index contributed by atoms with van der Waals surface area (Å²) in [6, 6.07) is 15.7. The fraction of sp³-hybridized carbons (Fsp3) is 0.429. The Morgan fingerprint density at radius 1 is 1.05 bits per heavy atom. The lowest BCUT2D eigenvalue weighted by atomic mass is 10.1. The number of carbonyl (C=O) groups is 1. The van der Waals surface area contributed by atoms with Crippen LogP contribution in [0.2, 0.25) is 0 Å². The van der Waals surface area contributed by atoms with Crippen LogP contribution in [0, 0.1) is 0 Å². The van der Waals surface area contributed by atoms with Gasteiger partial charge in [0.2, 0.25) is 5.79 Å². The third-order valence-corrected chi connectivity index (χ3v) is 6.78. The molecule has 2 aromatic carbocycles. The van der Waals surface area contributed by atoms with Crippen LogP contribution in [0.5, 0.6) is 11.5 Å². The van der Waals surface area contributed by atoms with Crippen molar-refractivity contribution in [2.75, 3.05) is 58.0 Å². The molecule has 0 spiro atoms. The molecule has 0 N–H and O–H groups in total. The Balaban J connectivity index is 1.17. The number of rotatable bonds is 9. The van der Waals surface area contributed by atoms with Crippen molar-refractivity contribution in [3.05, 3.63) is 72.8 Å². The van der Waals surface area contributed by atoms with Crippen LogP contribution in [0.3, 0.4) is 0 Å². The normalized spacial score (nSPS) is 21.4. The van der Waals surface area contributed by atoms with Crippen LogP contribution in [0.15, 0.2) is 67.3 Å². The number of piperazine rings is 1. The van der Waals surface area contributed by atoms with E-state index in [9.17, 15) is 4.79 Å². The Hall–Kier alpha value is -3.76. The van der Waals surface area contributed by atoms with Gasteiger partial charge in [-0.25, -0.2) is 9.78 Å². The third kappa shape index (κ3) is 5.87. The Morgan fingerprint density at radius 3 is 2.45 bits per heavy atom. The molecule has 5 rings (SSSR count). The second-order valence-electron chi connectivity index (χ2n) is 9.25. The molecule has 1 aromatic heterocycles. The van der Waals surface area contributed by atoms with E-state index in [0.29, 0.717) is 39.5 Å². The number of aromatic nitrogens is 2. The van der Waals surface area contributed by atoms with Gasteiger partial charge in [0.15, 0.2) is 0 Å². The van der Waals surface area contributed by atoms with Gasteiger partial charge in [0, 0.05) is 49.8 Å². The number of nitrogens with zero attached hydrogens (tertiary/aromatic N) is 4. The highest BCUT2D eigenvalue weighted by Crippen LogP contribution is 2.37. The first kappa shape index (κ1) is 25.9. The number of hydrogen-bond acceptors (Lipinski definition) is 8. The van der Waals surface area contributed by atoms with Crippen LogP contribution < -0.4 is 14.4 Å². The van der Waals surface area contributed by atoms with Crippen LogP contribution in [0.1, 0.15) is 12.5 Å². The van der Waals surface area contributed by atoms with Crippen LogP contribution in [-0.2, 0) is 26.5 Å². The molecular formula is C28H34N4O6. The van der Waals surface area contributed by atoms with Gasteiger partial charge < -0.3 is 38.1 Å². The van der Waals surface area contributed by atoms with Crippen molar-refractivity contribution in [1.82, 2.24) is 14.5 Å². The van der Waals surface area contributed by atoms with E-state index in [1.54, 1.807) is 24.5 Å². The molecule has 38 heavy (non-hydrogen) atoms. The maximum Gasteiger partial charge on any atom is 0.409 e. The molecule has 2 saturated heterocycles. The Kier molecular flexibility index (Phi) is 8.00. The molecule has 0 bridgehead atoms. The van der Waals surface area contributed by atoms with Crippen LogP contribution >= 0.6 is 0 Å². The molecular weight excluding hydrogens is 488 g/mol. The average Bonchev–Trinajstić information content (AvgIpc) is 3.63. The summed E-state index contributed by atoms with van der Waals surface area (Å²) in [5.74, 6) is 0.587. The highest BCUT2D eigenvalue weighted by atomic mass is 16.8. The number of hydrogen-bond donors (Lipinski definition) is 0. The van der Waals surface area contributed by atoms with E-state index in [1.165, 1.54) is 0 Å². The summed E-state index contributed by atoms with van der Waals surface area (Å²) in [5, 5.41) is 0. The second kappa shape index (κ2) is 11.7. The molecule has 3 aromatic rings. The van der Waals surface area contributed by atoms with Gasteiger partial charge in [-0.3, -0.25) is 0 Å². The summed E-state index contributed by atoms with van der Waals surface area (Å²) in [7, 11) is 1.64. The smallest absolute Gasteiger partial charge is 0.409 e. The minimum Gasteiger partial charge on any atom is -0.497 e. The summed E-state index contributed by atoms with van der Waals surface area (Å²) in [5.41, 5.74) is 2.00. The largest absolute Gasteiger partial charge is 0.497 e. The number of ether oxygens (including phenoxy) is 5. The number of amides is 1. The number of carbonyl (C=O) groups excluding carboxylic acids is 1.